The standard InChI is InChI=1S/C13H23N5O/c19-13(17-8-3-1-2-4-9-17)12-14-6-5-10-18-11-7-15-16-18/h7,11,14H,1-6,8-10,12H2. The van der Waals surface area contributed by atoms with E-state index in [9.17, 15) is 4.79 Å². The molecule has 0 aromatic carbocycles. The number of aromatic nitrogens is 3. The summed E-state index contributed by atoms with van der Waals surface area (Å²) in [5.74, 6) is 0.239. The maximum atomic E-state index is 12.0. The number of nitrogens with zero attached hydrogens (tertiary/aromatic N) is 4. The van der Waals surface area contributed by atoms with E-state index in [0.29, 0.717) is 6.54 Å². The van der Waals surface area contributed by atoms with Crippen molar-refractivity contribution < 1.29 is 4.79 Å². The lowest BCUT2D eigenvalue weighted by atomic mass is 10.2. The first-order valence-electron chi connectivity index (χ1n) is 7.19. The van der Waals surface area contributed by atoms with Gasteiger partial charge >= 0.3 is 0 Å². The fourth-order valence-electron chi connectivity index (χ4n) is 2.35. The monoisotopic (exact) mass is 265 g/mol. The molecule has 0 bridgehead atoms. The van der Waals surface area contributed by atoms with Gasteiger partial charge in [0.2, 0.25) is 5.91 Å². The van der Waals surface area contributed by atoms with Crippen LogP contribution < -0.4 is 5.32 Å². The third-order valence-electron chi connectivity index (χ3n) is 3.45. The number of aryl methyl sites for hydroxylation is 1. The van der Waals surface area contributed by atoms with Crippen LogP contribution in [0.2, 0.25) is 0 Å². The predicted molar refractivity (Wildman–Crippen MR) is 72.6 cm³/mol. The van der Waals surface area contributed by atoms with Gasteiger partial charge in [-0.05, 0) is 25.8 Å². The first-order valence-corrected chi connectivity index (χ1v) is 7.19. The van der Waals surface area contributed by atoms with Gasteiger partial charge in [-0.15, -0.1) is 5.10 Å². The van der Waals surface area contributed by atoms with E-state index in [1.54, 1.807) is 10.9 Å². The van der Waals surface area contributed by atoms with Gasteiger partial charge in [-0.3, -0.25) is 9.48 Å². The molecule has 1 aromatic heterocycles. The van der Waals surface area contributed by atoms with E-state index in [2.05, 4.69) is 15.6 Å². The molecular weight excluding hydrogens is 242 g/mol. The van der Waals surface area contributed by atoms with Crippen LogP contribution in [0.5, 0.6) is 0 Å². The quantitative estimate of drug-likeness (QED) is 0.768. The molecule has 1 aromatic rings. The highest BCUT2D eigenvalue weighted by atomic mass is 16.2. The molecule has 2 heterocycles. The molecule has 0 atom stereocenters. The number of hydrogen-bond acceptors (Lipinski definition) is 4. The minimum atomic E-state index is 0.239. The molecular formula is C13H23N5O. The average molecular weight is 265 g/mol. The zero-order valence-electron chi connectivity index (χ0n) is 11.4. The summed E-state index contributed by atoms with van der Waals surface area (Å²) in [4.78, 5) is 14.0. The highest BCUT2D eigenvalue weighted by Gasteiger charge is 2.14. The van der Waals surface area contributed by atoms with Gasteiger partial charge in [0.15, 0.2) is 0 Å². The Hall–Kier alpha value is -1.43. The van der Waals surface area contributed by atoms with E-state index >= 15 is 0 Å². The van der Waals surface area contributed by atoms with Crippen LogP contribution in [0, 0.1) is 0 Å². The largest absolute Gasteiger partial charge is 0.342 e. The number of nitrogens with one attached hydrogen (secondary N) is 1. The summed E-state index contributed by atoms with van der Waals surface area (Å²) in [6.07, 6.45) is 9.30. The molecule has 1 amide bonds. The minimum absolute atomic E-state index is 0.239. The van der Waals surface area contributed by atoms with Crippen LogP contribution in [-0.4, -0.2) is 52.0 Å². The van der Waals surface area contributed by atoms with Crippen LogP contribution in [-0.2, 0) is 11.3 Å². The van der Waals surface area contributed by atoms with Crippen LogP contribution in [0.1, 0.15) is 32.1 Å². The van der Waals surface area contributed by atoms with E-state index in [4.69, 9.17) is 0 Å². The average Bonchev–Trinajstić information content (AvgIpc) is 2.78. The SMILES string of the molecule is O=C(CNCCCn1ccnn1)N1CCCCCC1. The van der Waals surface area contributed by atoms with E-state index in [-0.39, 0.29) is 5.91 Å². The van der Waals surface area contributed by atoms with Gasteiger partial charge < -0.3 is 10.2 Å². The van der Waals surface area contributed by atoms with E-state index < -0.39 is 0 Å². The Balaban J connectivity index is 1.55. The summed E-state index contributed by atoms with van der Waals surface area (Å²) < 4.78 is 1.80. The molecule has 19 heavy (non-hydrogen) atoms. The second-order valence-corrected chi connectivity index (χ2v) is 4.99. The van der Waals surface area contributed by atoms with Gasteiger partial charge in [-0.2, -0.15) is 0 Å². The molecule has 6 nitrogen and oxygen atoms in total. The minimum Gasteiger partial charge on any atom is -0.342 e. The third kappa shape index (κ3) is 4.98. The molecule has 1 aliphatic rings. The summed E-state index contributed by atoms with van der Waals surface area (Å²) in [6, 6.07) is 0. The Bertz CT molecular complexity index is 357. The Labute approximate surface area is 114 Å². The summed E-state index contributed by atoms with van der Waals surface area (Å²) in [5, 5.41) is 10.9. The summed E-state index contributed by atoms with van der Waals surface area (Å²) in [7, 11) is 0. The highest BCUT2D eigenvalue weighted by Crippen LogP contribution is 2.09. The number of rotatable bonds is 6. The summed E-state index contributed by atoms with van der Waals surface area (Å²) >= 11 is 0. The van der Waals surface area contributed by atoms with E-state index in [1.165, 1.54) is 12.8 Å². The van der Waals surface area contributed by atoms with Crippen LogP contribution in [0.15, 0.2) is 12.4 Å². The van der Waals surface area contributed by atoms with Gasteiger partial charge in [0.05, 0.1) is 12.7 Å². The summed E-state index contributed by atoms with van der Waals surface area (Å²) in [6.45, 7) is 3.99. The molecule has 1 N–H and O–H groups in total. The Morgan fingerprint density at radius 1 is 1.21 bits per heavy atom. The first kappa shape index (κ1) is 14.0. The molecule has 1 saturated heterocycles. The fourth-order valence-corrected chi connectivity index (χ4v) is 2.35. The topological polar surface area (TPSA) is 63.1 Å². The molecule has 2 rings (SSSR count). The molecule has 106 valence electrons. The number of carbonyl (C=O) groups excluding carboxylic acids is 1. The van der Waals surface area contributed by atoms with Crippen molar-refractivity contribution in [3.8, 4) is 0 Å². The summed E-state index contributed by atoms with van der Waals surface area (Å²) in [5.41, 5.74) is 0. The molecule has 0 aliphatic carbocycles. The maximum Gasteiger partial charge on any atom is 0.236 e. The highest BCUT2D eigenvalue weighted by molar-refractivity contribution is 5.78. The second-order valence-electron chi connectivity index (χ2n) is 4.99. The van der Waals surface area contributed by atoms with Gasteiger partial charge in [-0.1, -0.05) is 18.1 Å². The normalized spacial score (nSPS) is 16.3. The van der Waals surface area contributed by atoms with E-state index in [0.717, 1.165) is 45.4 Å². The lowest BCUT2D eigenvalue weighted by Crippen LogP contribution is -2.39. The smallest absolute Gasteiger partial charge is 0.236 e. The number of likely N-dealkylation sites (tertiary alicyclic amines) is 1. The lowest BCUT2D eigenvalue weighted by Gasteiger charge is -2.20. The van der Waals surface area contributed by atoms with Crippen LogP contribution in [0.4, 0.5) is 0 Å². The molecule has 0 radical (unpaired) electrons. The van der Waals surface area contributed by atoms with Crippen molar-refractivity contribution in [1.29, 1.82) is 0 Å². The number of carbonyl (C=O) groups is 1. The van der Waals surface area contributed by atoms with Gasteiger partial charge in [0.1, 0.15) is 0 Å². The van der Waals surface area contributed by atoms with Crippen molar-refractivity contribution in [3.63, 3.8) is 0 Å². The van der Waals surface area contributed by atoms with Gasteiger partial charge in [-0.25, -0.2) is 0 Å². The lowest BCUT2D eigenvalue weighted by molar-refractivity contribution is -0.130. The molecule has 0 unspecified atom stereocenters. The number of amides is 1. The molecule has 0 spiro atoms. The zero-order valence-corrected chi connectivity index (χ0v) is 11.4. The Morgan fingerprint density at radius 2 is 2.00 bits per heavy atom. The Morgan fingerprint density at radius 3 is 2.68 bits per heavy atom. The van der Waals surface area contributed by atoms with E-state index in [1.807, 2.05) is 11.1 Å². The van der Waals surface area contributed by atoms with Crippen LogP contribution in [0.25, 0.3) is 0 Å². The second kappa shape index (κ2) is 7.89. The molecule has 6 heteroatoms. The fraction of sp³-hybridized carbons (Fsp3) is 0.769. The maximum absolute atomic E-state index is 12.0. The van der Waals surface area contributed by atoms with Crippen molar-refractivity contribution in [2.45, 2.75) is 38.6 Å². The molecule has 1 aliphatic heterocycles. The third-order valence-corrected chi connectivity index (χ3v) is 3.45. The van der Waals surface area contributed by atoms with Gasteiger partial charge in [0, 0.05) is 25.8 Å². The van der Waals surface area contributed by atoms with Crippen LogP contribution in [0.3, 0.4) is 0 Å². The Kier molecular flexibility index (Phi) is 5.81. The van der Waals surface area contributed by atoms with Crippen molar-refractivity contribution >= 4 is 5.91 Å². The first-order chi connectivity index (χ1) is 9.36. The molecule has 1 fully saturated rings. The molecule has 0 saturated carbocycles. The van der Waals surface area contributed by atoms with Gasteiger partial charge in [0.25, 0.3) is 0 Å². The zero-order chi connectivity index (χ0) is 13.3. The van der Waals surface area contributed by atoms with Crippen molar-refractivity contribution in [3.05, 3.63) is 12.4 Å². The van der Waals surface area contributed by atoms with Crippen molar-refractivity contribution in [2.24, 2.45) is 0 Å². The van der Waals surface area contributed by atoms with Crippen LogP contribution >= 0.6 is 0 Å². The van der Waals surface area contributed by atoms with Crippen molar-refractivity contribution in [2.75, 3.05) is 26.2 Å². The number of hydrogen-bond donors (Lipinski definition) is 1. The predicted octanol–water partition coefficient (Wildman–Crippen LogP) is 0.660. The van der Waals surface area contributed by atoms with Crippen molar-refractivity contribution in [1.82, 2.24) is 25.2 Å².